The summed E-state index contributed by atoms with van der Waals surface area (Å²) in [5.41, 5.74) is 0. The lowest BCUT2D eigenvalue weighted by atomic mass is 10.4. The summed E-state index contributed by atoms with van der Waals surface area (Å²) in [4.78, 5) is 0. The molecule has 0 aliphatic rings. The van der Waals surface area contributed by atoms with E-state index in [9.17, 15) is 8.42 Å². The highest BCUT2D eigenvalue weighted by atomic mass is 32.2. The largest absolute Gasteiger partial charge is 0.380 e. The van der Waals surface area contributed by atoms with Gasteiger partial charge in [-0.05, 0) is 19.4 Å². The van der Waals surface area contributed by atoms with Crippen molar-refractivity contribution in [2.24, 2.45) is 0 Å². The monoisotopic (exact) mass is 238 g/mol. The van der Waals surface area contributed by atoms with E-state index in [1.165, 1.54) is 6.26 Å². The molecular weight excluding hydrogens is 216 g/mol. The molecule has 2 N–H and O–H groups in total. The van der Waals surface area contributed by atoms with Crippen LogP contribution in [0.1, 0.15) is 19.8 Å². The van der Waals surface area contributed by atoms with Crippen LogP contribution in [0, 0.1) is 0 Å². The highest BCUT2D eigenvalue weighted by Gasteiger charge is 1.97. The van der Waals surface area contributed by atoms with Crippen LogP contribution in [0.3, 0.4) is 0 Å². The summed E-state index contributed by atoms with van der Waals surface area (Å²) in [6.45, 7) is 5.70. The molecule has 0 bridgehead atoms. The maximum atomic E-state index is 10.7. The first-order valence-electron chi connectivity index (χ1n) is 5.29. The smallest absolute Gasteiger partial charge is 0.208 e. The summed E-state index contributed by atoms with van der Waals surface area (Å²) in [5.74, 6) is 0. The first-order valence-corrected chi connectivity index (χ1v) is 7.18. The van der Waals surface area contributed by atoms with Crippen molar-refractivity contribution in [3.8, 4) is 0 Å². The van der Waals surface area contributed by atoms with Crippen LogP contribution < -0.4 is 10.0 Å². The third kappa shape index (κ3) is 13.8. The van der Waals surface area contributed by atoms with Gasteiger partial charge in [-0.3, -0.25) is 0 Å². The Hall–Kier alpha value is -0.170. The molecular formula is C9H22N2O3S. The summed E-state index contributed by atoms with van der Waals surface area (Å²) < 4.78 is 29.1. The quantitative estimate of drug-likeness (QED) is 0.523. The Kier molecular flexibility index (Phi) is 8.98. The number of rotatable bonds is 10. The van der Waals surface area contributed by atoms with Crippen molar-refractivity contribution in [1.82, 2.24) is 10.0 Å². The van der Waals surface area contributed by atoms with Gasteiger partial charge in [0.05, 0.1) is 12.9 Å². The fourth-order valence-electron chi connectivity index (χ4n) is 0.987. The van der Waals surface area contributed by atoms with Gasteiger partial charge in [-0.2, -0.15) is 0 Å². The van der Waals surface area contributed by atoms with E-state index in [4.69, 9.17) is 4.74 Å². The van der Waals surface area contributed by atoms with Gasteiger partial charge >= 0.3 is 0 Å². The number of hydrogen-bond donors (Lipinski definition) is 2. The van der Waals surface area contributed by atoms with E-state index in [0.29, 0.717) is 13.2 Å². The molecule has 0 atom stereocenters. The Balaban J connectivity index is 3.06. The Morgan fingerprint density at radius 3 is 2.47 bits per heavy atom. The topological polar surface area (TPSA) is 67.4 Å². The molecule has 0 aliphatic carbocycles. The summed E-state index contributed by atoms with van der Waals surface area (Å²) in [7, 11) is -3.03. The normalized spacial score (nSPS) is 11.9. The van der Waals surface area contributed by atoms with E-state index >= 15 is 0 Å². The van der Waals surface area contributed by atoms with Crippen LogP contribution in [0.15, 0.2) is 0 Å². The van der Waals surface area contributed by atoms with Gasteiger partial charge in [0.15, 0.2) is 0 Å². The van der Waals surface area contributed by atoms with Gasteiger partial charge < -0.3 is 10.1 Å². The van der Waals surface area contributed by atoms with Crippen LogP contribution in [0.5, 0.6) is 0 Å². The van der Waals surface area contributed by atoms with Crippen molar-refractivity contribution in [1.29, 1.82) is 0 Å². The zero-order chi connectivity index (χ0) is 11.6. The molecule has 0 radical (unpaired) electrons. The number of ether oxygens (including phenoxy) is 1. The van der Waals surface area contributed by atoms with Crippen molar-refractivity contribution in [3.05, 3.63) is 0 Å². The molecule has 0 rings (SSSR count). The van der Waals surface area contributed by atoms with Crippen LogP contribution >= 0.6 is 0 Å². The summed E-state index contributed by atoms with van der Waals surface area (Å²) in [5, 5.41) is 3.17. The van der Waals surface area contributed by atoms with Crippen molar-refractivity contribution in [3.63, 3.8) is 0 Å². The van der Waals surface area contributed by atoms with Gasteiger partial charge in [0.1, 0.15) is 0 Å². The minimum absolute atomic E-state index is 0.488. The van der Waals surface area contributed by atoms with Gasteiger partial charge in [-0.1, -0.05) is 6.92 Å². The molecule has 15 heavy (non-hydrogen) atoms. The fourth-order valence-corrected chi connectivity index (χ4v) is 1.50. The molecule has 0 aliphatic heterocycles. The second-order valence-corrected chi connectivity index (χ2v) is 5.22. The van der Waals surface area contributed by atoms with Crippen molar-refractivity contribution < 1.29 is 13.2 Å². The third-order valence-electron chi connectivity index (χ3n) is 1.67. The van der Waals surface area contributed by atoms with Crippen LogP contribution in [0.25, 0.3) is 0 Å². The van der Waals surface area contributed by atoms with E-state index in [2.05, 4.69) is 17.0 Å². The standard InChI is InChI=1S/C9H22N2O3S/c1-3-8-14-9-7-10-5-4-6-11-15(2,12)13/h10-11H,3-9H2,1-2H3. The second kappa shape index (κ2) is 9.08. The highest BCUT2D eigenvalue weighted by molar-refractivity contribution is 7.88. The minimum atomic E-state index is -3.03. The average molecular weight is 238 g/mol. The minimum Gasteiger partial charge on any atom is -0.380 e. The highest BCUT2D eigenvalue weighted by Crippen LogP contribution is 1.80. The zero-order valence-electron chi connectivity index (χ0n) is 9.58. The Morgan fingerprint density at radius 2 is 1.87 bits per heavy atom. The number of hydrogen-bond acceptors (Lipinski definition) is 4. The zero-order valence-corrected chi connectivity index (χ0v) is 10.4. The van der Waals surface area contributed by atoms with Crippen LogP contribution in [-0.4, -0.2) is 47.5 Å². The van der Waals surface area contributed by atoms with Crippen molar-refractivity contribution in [2.45, 2.75) is 19.8 Å². The Morgan fingerprint density at radius 1 is 1.13 bits per heavy atom. The van der Waals surface area contributed by atoms with Crippen molar-refractivity contribution in [2.75, 3.05) is 39.1 Å². The van der Waals surface area contributed by atoms with E-state index < -0.39 is 10.0 Å². The lowest BCUT2D eigenvalue weighted by Crippen LogP contribution is -2.27. The van der Waals surface area contributed by atoms with E-state index in [-0.39, 0.29) is 0 Å². The predicted molar refractivity (Wildman–Crippen MR) is 61.4 cm³/mol. The Labute approximate surface area is 92.6 Å². The van der Waals surface area contributed by atoms with Crippen LogP contribution in [-0.2, 0) is 14.8 Å². The summed E-state index contributed by atoms with van der Waals surface area (Å²) >= 11 is 0. The Bertz CT molecular complexity index is 230. The lowest BCUT2D eigenvalue weighted by molar-refractivity contribution is 0.136. The molecule has 0 unspecified atom stereocenters. The number of sulfonamides is 1. The first kappa shape index (κ1) is 14.8. The average Bonchev–Trinajstić information content (AvgIpc) is 2.14. The molecule has 0 saturated heterocycles. The molecule has 6 heteroatoms. The molecule has 0 aromatic heterocycles. The summed E-state index contributed by atoms with van der Waals surface area (Å²) in [6, 6.07) is 0. The third-order valence-corrected chi connectivity index (χ3v) is 2.39. The molecule has 0 spiro atoms. The molecule has 0 aromatic rings. The van der Waals surface area contributed by atoms with Gasteiger partial charge in [-0.15, -0.1) is 0 Å². The van der Waals surface area contributed by atoms with E-state index in [1.54, 1.807) is 0 Å². The predicted octanol–water partition coefficient (Wildman–Crippen LogP) is -0.0581. The fraction of sp³-hybridized carbons (Fsp3) is 1.00. The van der Waals surface area contributed by atoms with Gasteiger partial charge in [-0.25, -0.2) is 13.1 Å². The molecule has 0 amide bonds. The van der Waals surface area contributed by atoms with Gasteiger partial charge in [0, 0.05) is 19.7 Å². The maximum absolute atomic E-state index is 10.7. The molecule has 0 saturated carbocycles. The van der Waals surface area contributed by atoms with Gasteiger partial charge in [0.25, 0.3) is 0 Å². The van der Waals surface area contributed by atoms with Crippen LogP contribution in [0.4, 0.5) is 0 Å². The van der Waals surface area contributed by atoms with E-state index in [1.807, 2.05) is 0 Å². The lowest BCUT2D eigenvalue weighted by Gasteiger charge is -2.05. The molecule has 92 valence electrons. The van der Waals surface area contributed by atoms with E-state index in [0.717, 1.165) is 32.5 Å². The maximum Gasteiger partial charge on any atom is 0.208 e. The summed E-state index contributed by atoms with van der Waals surface area (Å²) in [6.07, 6.45) is 3.00. The second-order valence-electron chi connectivity index (χ2n) is 3.38. The van der Waals surface area contributed by atoms with Crippen LogP contribution in [0.2, 0.25) is 0 Å². The first-order chi connectivity index (χ1) is 7.06. The SMILES string of the molecule is CCCOCCNCCCNS(C)(=O)=O. The van der Waals surface area contributed by atoms with Gasteiger partial charge in [0.2, 0.25) is 10.0 Å². The molecule has 0 fully saturated rings. The molecule has 0 heterocycles. The van der Waals surface area contributed by atoms with Crippen molar-refractivity contribution >= 4 is 10.0 Å². The molecule has 0 aromatic carbocycles. The number of nitrogens with one attached hydrogen (secondary N) is 2. The molecule has 5 nitrogen and oxygen atoms in total.